The SMILES string of the molecule is CC1CC(c2ccc3c(c2)CC(=O)N3)N1. The second kappa shape index (κ2) is 3.07. The number of carbonyl (C=O) groups excluding carboxylic acids is 1. The first-order valence-electron chi connectivity index (χ1n) is 5.41. The number of hydrogen-bond donors (Lipinski definition) is 2. The van der Waals surface area contributed by atoms with Crippen LogP contribution in [0.4, 0.5) is 5.69 Å². The lowest BCUT2D eigenvalue weighted by Crippen LogP contribution is -2.43. The maximum atomic E-state index is 11.2. The highest BCUT2D eigenvalue weighted by atomic mass is 16.1. The zero-order chi connectivity index (χ0) is 10.4. The van der Waals surface area contributed by atoms with E-state index in [1.54, 1.807) is 0 Å². The molecule has 2 heterocycles. The van der Waals surface area contributed by atoms with Gasteiger partial charge < -0.3 is 10.6 Å². The maximum absolute atomic E-state index is 11.2. The summed E-state index contributed by atoms with van der Waals surface area (Å²) in [6.45, 7) is 2.19. The van der Waals surface area contributed by atoms with E-state index in [-0.39, 0.29) is 5.91 Å². The summed E-state index contributed by atoms with van der Waals surface area (Å²) in [5.74, 6) is 0.108. The first kappa shape index (κ1) is 8.92. The molecule has 1 fully saturated rings. The van der Waals surface area contributed by atoms with E-state index < -0.39 is 0 Å². The lowest BCUT2D eigenvalue weighted by molar-refractivity contribution is -0.115. The van der Waals surface area contributed by atoms with Crippen molar-refractivity contribution in [1.29, 1.82) is 0 Å². The molecule has 2 aliphatic rings. The molecule has 0 bridgehead atoms. The molecular formula is C12H14N2O. The van der Waals surface area contributed by atoms with E-state index in [1.165, 1.54) is 12.0 Å². The highest BCUT2D eigenvalue weighted by Crippen LogP contribution is 2.31. The normalized spacial score (nSPS) is 28.2. The molecule has 2 atom stereocenters. The Morgan fingerprint density at radius 1 is 1.40 bits per heavy atom. The molecule has 1 amide bonds. The third kappa shape index (κ3) is 1.43. The molecule has 1 aromatic carbocycles. The van der Waals surface area contributed by atoms with Crippen LogP contribution in [0.5, 0.6) is 0 Å². The molecule has 0 spiro atoms. The molecule has 1 aromatic rings. The van der Waals surface area contributed by atoms with E-state index in [0.717, 1.165) is 11.3 Å². The van der Waals surface area contributed by atoms with Gasteiger partial charge in [0, 0.05) is 17.8 Å². The van der Waals surface area contributed by atoms with Crippen molar-refractivity contribution in [2.45, 2.75) is 31.8 Å². The fraction of sp³-hybridized carbons (Fsp3) is 0.417. The van der Waals surface area contributed by atoms with E-state index in [0.29, 0.717) is 18.5 Å². The van der Waals surface area contributed by atoms with Crippen LogP contribution in [0.2, 0.25) is 0 Å². The van der Waals surface area contributed by atoms with Crippen LogP contribution >= 0.6 is 0 Å². The number of carbonyl (C=O) groups is 1. The van der Waals surface area contributed by atoms with Crippen LogP contribution in [0.15, 0.2) is 18.2 Å². The molecule has 15 heavy (non-hydrogen) atoms. The topological polar surface area (TPSA) is 41.1 Å². The van der Waals surface area contributed by atoms with Crippen molar-refractivity contribution in [2.24, 2.45) is 0 Å². The molecule has 0 aromatic heterocycles. The molecule has 0 radical (unpaired) electrons. The molecule has 3 heteroatoms. The Labute approximate surface area is 88.9 Å². The largest absolute Gasteiger partial charge is 0.326 e. The van der Waals surface area contributed by atoms with Crippen LogP contribution in [-0.4, -0.2) is 11.9 Å². The fourth-order valence-electron chi connectivity index (χ4n) is 2.37. The lowest BCUT2D eigenvalue weighted by atomic mass is 9.90. The van der Waals surface area contributed by atoms with Gasteiger partial charge in [0.15, 0.2) is 0 Å². The third-order valence-electron chi connectivity index (χ3n) is 3.23. The molecule has 78 valence electrons. The standard InChI is InChI=1S/C12H14N2O/c1-7-4-11(13-7)8-2-3-10-9(5-8)6-12(15)14-10/h2-3,5,7,11,13H,4,6H2,1H3,(H,14,15). The highest BCUT2D eigenvalue weighted by Gasteiger charge is 2.27. The second-order valence-corrected chi connectivity index (χ2v) is 4.50. The summed E-state index contributed by atoms with van der Waals surface area (Å²) in [4.78, 5) is 11.2. The third-order valence-corrected chi connectivity index (χ3v) is 3.23. The minimum atomic E-state index is 0.108. The molecule has 0 aliphatic carbocycles. The molecule has 0 saturated carbocycles. The summed E-state index contributed by atoms with van der Waals surface area (Å²) in [5, 5.41) is 6.31. The van der Waals surface area contributed by atoms with Crippen LogP contribution in [0.3, 0.4) is 0 Å². The number of anilines is 1. The predicted molar refractivity (Wildman–Crippen MR) is 58.7 cm³/mol. The van der Waals surface area contributed by atoms with Crippen molar-refractivity contribution in [3.05, 3.63) is 29.3 Å². The molecule has 1 saturated heterocycles. The van der Waals surface area contributed by atoms with Gasteiger partial charge in [-0.3, -0.25) is 4.79 Å². The van der Waals surface area contributed by atoms with Gasteiger partial charge in [0.1, 0.15) is 0 Å². The number of rotatable bonds is 1. The Kier molecular flexibility index (Phi) is 1.83. The van der Waals surface area contributed by atoms with Gasteiger partial charge in [-0.25, -0.2) is 0 Å². The molecule has 2 unspecified atom stereocenters. The highest BCUT2D eigenvalue weighted by molar-refractivity contribution is 5.99. The van der Waals surface area contributed by atoms with E-state index in [2.05, 4.69) is 29.7 Å². The Balaban J connectivity index is 1.87. The number of amides is 1. The summed E-state index contributed by atoms with van der Waals surface area (Å²) < 4.78 is 0. The van der Waals surface area contributed by atoms with Crippen molar-refractivity contribution in [3.63, 3.8) is 0 Å². The van der Waals surface area contributed by atoms with E-state index in [1.807, 2.05) is 6.07 Å². The van der Waals surface area contributed by atoms with Crippen molar-refractivity contribution in [2.75, 3.05) is 5.32 Å². The second-order valence-electron chi connectivity index (χ2n) is 4.50. The van der Waals surface area contributed by atoms with Crippen LogP contribution in [0, 0.1) is 0 Å². The summed E-state index contributed by atoms with van der Waals surface area (Å²) >= 11 is 0. The number of benzene rings is 1. The van der Waals surface area contributed by atoms with Gasteiger partial charge in [-0.05, 0) is 30.5 Å². The van der Waals surface area contributed by atoms with Gasteiger partial charge >= 0.3 is 0 Å². The predicted octanol–water partition coefficient (Wildman–Crippen LogP) is 1.60. The van der Waals surface area contributed by atoms with Gasteiger partial charge in [-0.2, -0.15) is 0 Å². The zero-order valence-corrected chi connectivity index (χ0v) is 8.71. The smallest absolute Gasteiger partial charge is 0.228 e. The average molecular weight is 202 g/mol. The van der Waals surface area contributed by atoms with Crippen LogP contribution < -0.4 is 10.6 Å². The molecule has 2 N–H and O–H groups in total. The molecule has 3 rings (SSSR count). The summed E-state index contributed by atoms with van der Waals surface area (Å²) in [7, 11) is 0. The molecule has 2 aliphatic heterocycles. The number of hydrogen-bond acceptors (Lipinski definition) is 2. The van der Waals surface area contributed by atoms with Crippen molar-refractivity contribution >= 4 is 11.6 Å². The van der Waals surface area contributed by atoms with Gasteiger partial charge in [-0.15, -0.1) is 0 Å². The Bertz CT molecular complexity index is 422. The molecule has 3 nitrogen and oxygen atoms in total. The lowest BCUT2D eigenvalue weighted by Gasteiger charge is -2.35. The number of nitrogens with one attached hydrogen (secondary N) is 2. The van der Waals surface area contributed by atoms with Crippen LogP contribution in [-0.2, 0) is 11.2 Å². The maximum Gasteiger partial charge on any atom is 0.228 e. The summed E-state index contributed by atoms with van der Waals surface area (Å²) in [5.41, 5.74) is 3.43. The Hall–Kier alpha value is -1.35. The monoisotopic (exact) mass is 202 g/mol. The van der Waals surface area contributed by atoms with Crippen molar-refractivity contribution < 1.29 is 4.79 Å². The molecular weight excluding hydrogens is 188 g/mol. The van der Waals surface area contributed by atoms with E-state index in [4.69, 9.17) is 0 Å². The van der Waals surface area contributed by atoms with Gasteiger partial charge in [0.2, 0.25) is 5.91 Å². The van der Waals surface area contributed by atoms with E-state index >= 15 is 0 Å². The Morgan fingerprint density at radius 3 is 2.93 bits per heavy atom. The van der Waals surface area contributed by atoms with Gasteiger partial charge in [0.25, 0.3) is 0 Å². The fourth-order valence-corrected chi connectivity index (χ4v) is 2.37. The van der Waals surface area contributed by atoms with Crippen LogP contribution in [0.1, 0.15) is 30.5 Å². The minimum absolute atomic E-state index is 0.108. The quantitative estimate of drug-likeness (QED) is 0.726. The van der Waals surface area contributed by atoms with Gasteiger partial charge in [-0.1, -0.05) is 12.1 Å². The first-order chi connectivity index (χ1) is 7.22. The number of fused-ring (bicyclic) bond motifs is 1. The summed E-state index contributed by atoms with van der Waals surface area (Å²) in [6, 6.07) is 7.38. The minimum Gasteiger partial charge on any atom is -0.326 e. The van der Waals surface area contributed by atoms with Crippen LogP contribution in [0.25, 0.3) is 0 Å². The first-order valence-corrected chi connectivity index (χ1v) is 5.41. The van der Waals surface area contributed by atoms with Gasteiger partial charge in [0.05, 0.1) is 6.42 Å². The summed E-state index contributed by atoms with van der Waals surface area (Å²) in [6.07, 6.45) is 1.73. The van der Waals surface area contributed by atoms with Crippen molar-refractivity contribution in [1.82, 2.24) is 5.32 Å². The van der Waals surface area contributed by atoms with Crippen molar-refractivity contribution in [3.8, 4) is 0 Å². The average Bonchev–Trinajstić information content (AvgIpc) is 2.52. The van der Waals surface area contributed by atoms with E-state index in [9.17, 15) is 4.79 Å². The Morgan fingerprint density at radius 2 is 2.20 bits per heavy atom. The zero-order valence-electron chi connectivity index (χ0n) is 8.71.